The maximum Gasteiger partial charge on any atom is 0.263 e. The molecule has 2 N–H and O–H groups in total. The monoisotopic (exact) mass is 458 g/mol. The quantitative estimate of drug-likeness (QED) is 0.604. The number of imidazole rings is 1. The summed E-state index contributed by atoms with van der Waals surface area (Å²) in [6.45, 7) is 9.40. The Labute approximate surface area is 187 Å². The highest BCUT2D eigenvalue weighted by Gasteiger charge is 2.18. The second-order valence-electron chi connectivity index (χ2n) is 8.37. The number of amides is 1. The Balaban J connectivity index is 0.00000150. The lowest BCUT2D eigenvalue weighted by molar-refractivity contribution is 0.0943. The Morgan fingerprint density at radius 2 is 2.14 bits per heavy atom. The van der Waals surface area contributed by atoms with Gasteiger partial charge in [0.15, 0.2) is 4.96 Å². The fourth-order valence-corrected chi connectivity index (χ4v) is 4.07. The maximum absolute atomic E-state index is 12.4. The number of hydrogen-bond donors (Lipinski definition) is 2. The van der Waals surface area contributed by atoms with Crippen molar-refractivity contribution in [3.63, 3.8) is 0 Å². The zero-order valence-electron chi connectivity index (χ0n) is 16.9. The van der Waals surface area contributed by atoms with Crippen LogP contribution < -0.4 is 10.6 Å². The predicted molar refractivity (Wildman–Crippen MR) is 123 cm³/mol. The summed E-state index contributed by atoms with van der Waals surface area (Å²) in [7, 11) is 0. The largest absolute Gasteiger partial charge is 0.380 e. The van der Waals surface area contributed by atoms with Crippen LogP contribution in [0.5, 0.6) is 0 Å². The van der Waals surface area contributed by atoms with Crippen molar-refractivity contribution in [2.75, 3.05) is 19.8 Å². The predicted octanol–water partition coefficient (Wildman–Crippen LogP) is 4.05. The third-order valence-corrected chi connectivity index (χ3v) is 5.68. The molecule has 1 fully saturated rings. The molecule has 6 nitrogen and oxygen atoms in total. The average Bonchev–Trinajstić information content (AvgIpc) is 3.33. The zero-order valence-corrected chi connectivity index (χ0v) is 19.3. The fraction of sp³-hybridized carbons (Fsp3) is 0.500. The smallest absolute Gasteiger partial charge is 0.263 e. The van der Waals surface area contributed by atoms with Crippen molar-refractivity contribution in [1.29, 1.82) is 0 Å². The van der Waals surface area contributed by atoms with E-state index in [0.717, 1.165) is 42.2 Å². The minimum atomic E-state index is -0.0346. The third kappa shape index (κ3) is 5.61. The molecule has 0 saturated carbocycles. The number of benzene rings is 1. The topological polar surface area (TPSA) is 67.7 Å². The van der Waals surface area contributed by atoms with Crippen LogP contribution in [0.25, 0.3) is 16.0 Å². The number of rotatable bonds is 5. The summed E-state index contributed by atoms with van der Waals surface area (Å²) in [5.74, 6) is -0.0346. The van der Waals surface area contributed by atoms with Crippen molar-refractivity contribution < 1.29 is 9.53 Å². The van der Waals surface area contributed by atoms with Gasteiger partial charge < -0.3 is 15.4 Å². The van der Waals surface area contributed by atoms with E-state index in [1.54, 1.807) is 0 Å². The molecule has 160 valence electrons. The number of nitrogens with zero attached hydrogens (tertiary/aromatic N) is 2. The molecule has 1 aliphatic rings. The number of ether oxygens (including phenoxy) is 1. The van der Waals surface area contributed by atoms with Crippen LogP contribution in [0.4, 0.5) is 0 Å². The van der Waals surface area contributed by atoms with Crippen LogP contribution in [0, 0.1) is 5.41 Å². The zero-order chi connectivity index (χ0) is 19.0. The van der Waals surface area contributed by atoms with E-state index in [4.69, 9.17) is 4.74 Å². The first-order valence-electron chi connectivity index (χ1n) is 9.39. The first-order chi connectivity index (χ1) is 12.9. The van der Waals surface area contributed by atoms with Gasteiger partial charge >= 0.3 is 0 Å². The lowest BCUT2D eigenvalue weighted by Gasteiger charge is -2.18. The normalized spacial score (nSPS) is 16.6. The Kier molecular flexibility index (Phi) is 7.93. The lowest BCUT2D eigenvalue weighted by atomic mass is 9.97. The Bertz CT molecular complexity index is 974. The van der Waals surface area contributed by atoms with Gasteiger partial charge in [-0.2, -0.15) is 0 Å². The van der Waals surface area contributed by atoms with Gasteiger partial charge in [-0.3, -0.25) is 9.20 Å². The molecule has 2 aromatic heterocycles. The van der Waals surface area contributed by atoms with Crippen molar-refractivity contribution in [1.82, 2.24) is 20.0 Å². The molecule has 1 aliphatic heterocycles. The molecule has 1 aromatic carbocycles. The highest BCUT2D eigenvalue weighted by atomic mass is 35.5. The molecule has 29 heavy (non-hydrogen) atoms. The third-order valence-electron chi connectivity index (χ3n) is 4.70. The minimum absolute atomic E-state index is 0. The molecule has 9 heteroatoms. The molecule has 0 radical (unpaired) electrons. The van der Waals surface area contributed by atoms with E-state index in [1.807, 2.05) is 10.6 Å². The molecule has 4 rings (SSSR count). The number of fused-ring (bicyclic) bond motifs is 3. The molecule has 3 heterocycles. The maximum atomic E-state index is 12.4. The molecule has 1 saturated heterocycles. The molecular formula is C20H28Cl2N4O2S. The van der Waals surface area contributed by atoms with Gasteiger partial charge in [-0.15, -0.1) is 24.8 Å². The second-order valence-corrected chi connectivity index (χ2v) is 9.38. The van der Waals surface area contributed by atoms with Gasteiger partial charge in [-0.25, -0.2) is 4.98 Å². The second kappa shape index (κ2) is 9.62. The molecule has 0 bridgehead atoms. The van der Waals surface area contributed by atoms with Crippen LogP contribution in [0.2, 0.25) is 0 Å². The number of aromatic nitrogens is 2. The van der Waals surface area contributed by atoms with Crippen LogP contribution in [-0.2, 0) is 11.3 Å². The summed E-state index contributed by atoms with van der Waals surface area (Å²) in [4.78, 5) is 18.7. The highest BCUT2D eigenvalue weighted by molar-refractivity contribution is 7.18. The summed E-state index contributed by atoms with van der Waals surface area (Å²) in [5, 5.41) is 6.55. The van der Waals surface area contributed by atoms with Crippen molar-refractivity contribution >= 4 is 58.1 Å². The molecule has 0 unspecified atom stereocenters. The van der Waals surface area contributed by atoms with E-state index in [-0.39, 0.29) is 36.1 Å². The number of thiazole rings is 1. The van der Waals surface area contributed by atoms with E-state index in [0.29, 0.717) is 17.5 Å². The van der Waals surface area contributed by atoms with Crippen molar-refractivity contribution in [2.24, 2.45) is 5.41 Å². The van der Waals surface area contributed by atoms with Gasteiger partial charge in [0.2, 0.25) is 0 Å². The summed E-state index contributed by atoms with van der Waals surface area (Å²) in [6.07, 6.45) is 2.96. The van der Waals surface area contributed by atoms with Gasteiger partial charge in [0.05, 0.1) is 17.6 Å². The fourth-order valence-electron chi connectivity index (χ4n) is 3.16. The van der Waals surface area contributed by atoms with E-state index < -0.39 is 0 Å². The van der Waals surface area contributed by atoms with Gasteiger partial charge in [-0.05, 0) is 29.5 Å². The molecule has 3 aromatic rings. The van der Waals surface area contributed by atoms with Crippen LogP contribution in [0.15, 0.2) is 24.4 Å². The van der Waals surface area contributed by atoms with E-state index in [2.05, 4.69) is 54.6 Å². The van der Waals surface area contributed by atoms with Crippen molar-refractivity contribution in [3.05, 3.63) is 34.8 Å². The number of carbonyl (C=O) groups is 1. The van der Waals surface area contributed by atoms with Gasteiger partial charge in [0, 0.05) is 31.9 Å². The Morgan fingerprint density at radius 1 is 1.34 bits per heavy atom. The standard InChI is InChI=1S/C20H26N4O2S.2ClH/c1-20(2,3)12-22-18(25)17-10-24-16-8-13(9-21-14-6-7-26-11-14)4-5-15(16)23-19(24)27-17;;/h4-5,8,10,14,21H,6-7,9,11-12H2,1-3H3,(H,22,25);2*1H/t14-;;/m1../s1. The molecular weight excluding hydrogens is 431 g/mol. The number of hydrogen-bond acceptors (Lipinski definition) is 5. The highest BCUT2D eigenvalue weighted by Crippen LogP contribution is 2.25. The van der Waals surface area contributed by atoms with Crippen LogP contribution in [-0.4, -0.2) is 41.1 Å². The molecule has 0 spiro atoms. The van der Waals surface area contributed by atoms with Crippen molar-refractivity contribution in [2.45, 2.75) is 39.8 Å². The Hall–Kier alpha value is -1.38. The number of nitrogens with one attached hydrogen (secondary N) is 2. The van der Waals surface area contributed by atoms with Crippen LogP contribution in [0.3, 0.4) is 0 Å². The van der Waals surface area contributed by atoms with E-state index in [9.17, 15) is 4.79 Å². The summed E-state index contributed by atoms with van der Waals surface area (Å²) >= 11 is 1.43. The van der Waals surface area contributed by atoms with Crippen LogP contribution >= 0.6 is 36.2 Å². The SMILES string of the molecule is CC(C)(C)CNC(=O)c1cn2c(nc3ccc(CN[C@@H]4CCOC4)cc32)s1.Cl.Cl. The lowest BCUT2D eigenvalue weighted by Crippen LogP contribution is -2.31. The van der Waals surface area contributed by atoms with Crippen LogP contribution in [0.1, 0.15) is 42.4 Å². The first kappa shape index (κ1) is 23.9. The van der Waals surface area contributed by atoms with E-state index >= 15 is 0 Å². The summed E-state index contributed by atoms with van der Waals surface area (Å²) < 4.78 is 7.44. The summed E-state index contributed by atoms with van der Waals surface area (Å²) in [6, 6.07) is 6.75. The number of carbonyl (C=O) groups excluding carboxylic acids is 1. The van der Waals surface area contributed by atoms with Gasteiger partial charge in [0.25, 0.3) is 5.91 Å². The minimum Gasteiger partial charge on any atom is -0.380 e. The van der Waals surface area contributed by atoms with Crippen molar-refractivity contribution in [3.8, 4) is 0 Å². The average molecular weight is 459 g/mol. The van der Waals surface area contributed by atoms with Gasteiger partial charge in [0.1, 0.15) is 4.88 Å². The molecule has 0 aliphatic carbocycles. The van der Waals surface area contributed by atoms with E-state index in [1.165, 1.54) is 16.9 Å². The molecule has 1 atom stereocenters. The number of halogens is 2. The Morgan fingerprint density at radius 3 is 2.83 bits per heavy atom. The molecule has 1 amide bonds. The van der Waals surface area contributed by atoms with Gasteiger partial charge in [-0.1, -0.05) is 38.2 Å². The first-order valence-corrected chi connectivity index (χ1v) is 10.2. The summed E-state index contributed by atoms with van der Waals surface area (Å²) in [5.41, 5.74) is 3.27.